The van der Waals surface area contributed by atoms with Crippen LogP contribution in [0.15, 0.2) is 78.9 Å². The molecule has 3 aromatic carbocycles. The maximum absolute atomic E-state index is 12.8. The minimum atomic E-state index is -0.267. The molecule has 0 aliphatic carbocycles. The molecule has 0 spiro atoms. The monoisotopic (exact) mass is 432 g/mol. The van der Waals surface area contributed by atoms with E-state index in [1.165, 1.54) is 5.56 Å². The van der Waals surface area contributed by atoms with Crippen LogP contribution in [0.3, 0.4) is 0 Å². The van der Waals surface area contributed by atoms with Crippen LogP contribution in [-0.4, -0.2) is 38.7 Å². The molecule has 0 saturated carbocycles. The molecular weight excluding hydrogens is 404 g/mol. The first kappa shape index (κ1) is 23.0. The quantitative estimate of drug-likeness (QED) is 0.442. The minimum Gasteiger partial charge on any atom is -0.492 e. The van der Waals surface area contributed by atoms with E-state index in [1.807, 2.05) is 36.4 Å². The number of rotatable bonds is 11. The number of amides is 2. The van der Waals surface area contributed by atoms with E-state index in [2.05, 4.69) is 10.6 Å². The Morgan fingerprint density at radius 1 is 0.812 bits per heavy atom. The van der Waals surface area contributed by atoms with Crippen molar-refractivity contribution < 1.29 is 19.1 Å². The van der Waals surface area contributed by atoms with Crippen LogP contribution in [0.5, 0.6) is 5.75 Å². The highest BCUT2D eigenvalue weighted by molar-refractivity contribution is 6.06. The molecule has 3 aromatic rings. The SMILES string of the molecule is COCCCNC(=O)c1ccc(NC(=O)c2ccccc2OCCc2ccccc2)cc1. The van der Waals surface area contributed by atoms with E-state index in [4.69, 9.17) is 9.47 Å². The molecule has 0 heterocycles. The summed E-state index contributed by atoms with van der Waals surface area (Å²) in [6, 6.07) is 24.0. The van der Waals surface area contributed by atoms with Crippen LogP contribution < -0.4 is 15.4 Å². The highest BCUT2D eigenvalue weighted by Gasteiger charge is 2.13. The van der Waals surface area contributed by atoms with Crippen LogP contribution in [0.25, 0.3) is 0 Å². The van der Waals surface area contributed by atoms with Crippen LogP contribution in [0, 0.1) is 0 Å². The average Bonchev–Trinajstić information content (AvgIpc) is 2.83. The van der Waals surface area contributed by atoms with Crippen molar-refractivity contribution in [1.82, 2.24) is 5.32 Å². The van der Waals surface area contributed by atoms with Gasteiger partial charge in [-0.25, -0.2) is 0 Å². The van der Waals surface area contributed by atoms with Crippen molar-refractivity contribution in [3.63, 3.8) is 0 Å². The fourth-order valence-electron chi connectivity index (χ4n) is 3.13. The van der Waals surface area contributed by atoms with Crippen LogP contribution in [0.4, 0.5) is 5.69 Å². The zero-order chi connectivity index (χ0) is 22.6. The second-order valence-electron chi connectivity index (χ2n) is 7.21. The lowest BCUT2D eigenvalue weighted by molar-refractivity contribution is 0.0948. The van der Waals surface area contributed by atoms with E-state index >= 15 is 0 Å². The summed E-state index contributed by atoms with van der Waals surface area (Å²) in [5.74, 6) is 0.112. The van der Waals surface area contributed by atoms with E-state index in [-0.39, 0.29) is 11.8 Å². The van der Waals surface area contributed by atoms with Crippen molar-refractivity contribution in [2.75, 3.05) is 32.2 Å². The summed E-state index contributed by atoms with van der Waals surface area (Å²) in [7, 11) is 1.63. The van der Waals surface area contributed by atoms with Crippen molar-refractivity contribution in [2.24, 2.45) is 0 Å². The van der Waals surface area contributed by atoms with Gasteiger partial charge in [0, 0.05) is 37.9 Å². The fourth-order valence-corrected chi connectivity index (χ4v) is 3.13. The first-order chi connectivity index (χ1) is 15.7. The number of methoxy groups -OCH3 is 1. The van der Waals surface area contributed by atoms with E-state index in [1.54, 1.807) is 49.6 Å². The highest BCUT2D eigenvalue weighted by atomic mass is 16.5. The Labute approximate surface area is 188 Å². The molecule has 0 bridgehead atoms. The predicted molar refractivity (Wildman–Crippen MR) is 125 cm³/mol. The third-order valence-electron chi connectivity index (χ3n) is 4.84. The predicted octanol–water partition coefficient (Wildman–Crippen LogP) is 4.33. The molecule has 3 rings (SSSR count). The van der Waals surface area contributed by atoms with Crippen molar-refractivity contribution in [1.29, 1.82) is 0 Å². The summed E-state index contributed by atoms with van der Waals surface area (Å²) in [6.07, 6.45) is 1.51. The van der Waals surface area contributed by atoms with Gasteiger partial charge in [-0.2, -0.15) is 0 Å². The van der Waals surface area contributed by atoms with E-state index < -0.39 is 0 Å². The zero-order valence-electron chi connectivity index (χ0n) is 18.2. The Morgan fingerprint density at radius 3 is 2.28 bits per heavy atom. The molecule has 0 aliphatic heterocycles. The van der Waals surface area contributed by atoms with Gasteiger partial charge in [-0.05, 0) is 48.4 Å². The zero-order valence-corrected chi connectivity index (χ0v) is 18.2. The maximum Gasteiger partial charge on any atom is 0.259 e. The third-order valence-corrected chi connectivity index (χ3v) is 4.84. The molecule has 0 fully saturated rings. The molecule has 166 valence electrons. The number of nitrogens with one attached hydrogen (secondary N) is 2. The van der Waals surface area contributed by atoms with Gasteiger partial charge in [0.2, 0.25) is 0 Å². The van der Waals surface area contributed by atoms with Crippen LogP contribution in [0.2, 0.25) is 0 Å². The van der Waals surface area contributed by atoms with Crippen LogP contribution in [0.1, 0.15) is 32.7 Å². The Hall–Kier alpha value is -3.64. The average molecular weight is 433 g/mol. The number of hydrogen-bond donors (Lipinski definition) is 2. The molecule has 6 nitrogen and oxygen atoms in total. The van der Waals surface area contributed by atoms with Crippen LogP contribution in [-0.2, 0) is 11.2 Å². The molecule has 0 aromatic heterocycles. The summed E-state index contributed by atoms with van der Waals surface area (Å²) < 4.78 is 10.9. The molecule has 6 heteroatoms. The summed E-state index contributed by atoms with van der Waals surface area (Å²) in [6.45, 7) is 1.62. The lowest BCUT2D eigenvalue weighted by Crippen LogP contribution is -2.25. The molecule has 32 heavy (non-hydrogen) atoms. The first-order valence-electron chi connectivity index (χ1n) is 10.6. The van der Waals surface area contributed by atoms with Gasteiger partial charge < -0.3 is 20.1 Å². The number of ether oxygens (including phenoxy) is 2. The fraction of sp³-hybridized carbons (Fsp3) is 0.231. The van der Waals surface area contributed by atoms with Crippen molar-refractivity contribution in [3.05, 3.63) is 95.6 Å². The minimum absolute atomic E-state index is 0.156. The van der Waals surface area contributed by atoms with Gasteiger partial charge in [0.25, 0.3) is 11.8 Å². The molecule has 2 amide bonds. The van der Waals surface area contributed by atoms with Gasteiger partial charge in [0.15, 0.2) is 0 Å². The normalized spacial score (nSPS) is 10.4. The summed E-state index contributed by atoms with van der Waals surface area (Å²) in [5.41, 5.74) is 2.77. The smallest absolute Gasteiger partial charge is 0.259 e. The molecule has 0 atom stereocenters. The number of carbonyl (C=O) groups excluding carboxylic acids is 2. The van der Waals surface area contributed by atoms with E-state index in [0.29, 0.717) is 42.3 Å². The molecule has 2 N–H and O–H groups in total. The standard InChI is InChI=1S/C26H28N2O4/c1-31-18-7-17-27-25(29)21-12-14-22(15-13-21)28-26(30)23-10-5-6-11-24(23)32-19-16-20-8-3-2-4-9-20/h2-6,8-15H,7,16-19H2,1H3,(H,27,29)(H,28,30). The van der Waals surface area contributed by atoms with Gasteiger partial charge in [-0.15, -0.1) is 0 Å². The Morgan fingerprint density at radius 2 is 1.53 bits per heavy atom. The summed E-state index contributed by atoms with van der Waals surface area (Å²) >= 11 is 0. The van der Waals surface area contributed by atoms with Crippen LogP contribution >= 0.6 is 0 Å². The maximum atomic E-state index is 12.8. The highest BCUT2D eigenvalue weighted by Crippen LogP contribution is 2.20. The molecule has 0 aliphatic rings. The van der Waals surface area contributed by atoms with E-state index in [0.717, 1.165) is 12.8 Å². The largest absolute Gasteiger partial charge is 0.492 e. The molecule has 0 unspecified atom stereocenters. The first-order valence-corrected chi connectivity index (χ1v) is 10.6. The Kier molecular flexibility index (Phi) is 8.83. The summed E-state index contributed by atoms with van der Waals surface area (Å²) in [5, 5.41) is 5.70. The number of benzene rings is 3. The van der Waals surface area contributed by atoms with E-state index in [9.17, 15) is 9.59 Å². The van der Waals surface area contributed by atoms with Gasteiger partial charge in [0.1, 0.15) is 5.75 Å². The number of carbonyl (C=O) groups is 2. The molecule has 0 radical (unpaired) electrons. The Balaban J connectivity index is 1.55. The second-order valence-corrected chi connectivity index (χ2v) is 7.21. The third kappa shape index (κ3) is 6.96. The lowest BCUT2D eigenvalue weighted by Gasteiger charge is -2.12. The van der Waals surface area contributed by atoms with Crippen molar-refractivity contribution >= 4 is 17.5 Å². The van der Waals surface area contributed by atoms with Crippen molar-refractivity contribution in [3.8, 4) is 5.75 Å². The summed E-state index contributed by atoms with van der Waals surface area (Å²) in [4.78, 5) is 25.0. The lowest BCUT2D eigenvalue weighted by atomic mass is 10.1. The topological polar surface area (TPSA) is 76.7 Å². The van der Waals surface area contributed by atoms with Gasteiger partial charge in [-0.1, -0.05) is 42.5 Å². The second kappa shape index (κ2) is 12.3. The van der Waals surface area contributed by atoms with Crippen molar-refractivity contribution in [2.45, 2.75) is 12.8 Å². The van der Waals surface area contributed by atoms with Gasteiger partial charge in [0.05, 0.1) is 12.2 Å². The van der Waals surface area contributed by atoms with Gasteiger partial charge in [-0.3, -0.25) is 9.59 Å². The number of anilines is 1. The number of para-hydroxylation sites is 1. The number of hydrogen-bond acceptors (Lipinski definition) is 4. The molecular formula is C26H28N2O4. The Bertz CT molecular complexity index is 1000. The molecule has 0 saturated heterocycles. The van der Waals surface area contributed by atoms with Gasteiger partial charge >= 0.3 is 0 Å².